The van der Waals surface area contributed by atoms with Crippen LogP contribution in [0.15, 0.2) is 109 Å². The van der Waals surface area contributed by atoms with E-state index in [1.807, 2.05) is 12.1 Å². The van der Waals surface area contributed by atoms with Crippen molar-refractivity contribution in [1.82, 2.24) is 0 Å². The normalized spacial score (nSPS) is 13.7. The summed E-state index contributed by atoms with van der Waals surface area (Å²) in [6.45, 7) is 2.35. The molecule has 31 heavy (non-hydrogen) atoms. The Balaban J connectivity index is 1.63. The Bertz CT molecular complexity index is 1420. The van der Waals surface area contributed by atoms with Gasteiger partial charge in [-0.15, -0.1) is 0 Å². The van der Waals surface area contributed by atoms with Crippen molar-refractivity contribution in [1.29, 1.82) is 0 Å². The minimum absolute atomic E-state index is 0.239. The van der Waals surface area contributed by atoms with Crippen LogP contribution in [0, 0.1) is 0 Å². The van der Waals surface area contributed by atoms with Crippen LogP contribution in [0.1, 0.15) is 23.6 Å². The fraction of sp³-hybridized carbons (Fsp3) is 0.0667. The third-order valence-electron chi connectivity index (χ3n) is 6.82. The van der Waals surface area contributed by atoms with Gasteiger partial charge in [0, 0.05) is 5.41 Å². The molecule has 0 heterocycles. The highest BCUT2D eigenvalue weighted by molar-refractivity contribution is 5.90. The van der Waals surface area contributed by atoms with Gasteiger partial charge in [0.2, 0.25) is 0 Å². The third-order valence-corrected chi connectivity index (χ3v) is 6.82. The average Bonchev–Trinajstić information content (AvgIpc) is 3.08. The van der Waals surface area contributed by atoms with Crippen LogP contribution < -0.4 is 0 Å². The monoisotopic (exact) mass is 398 g/mol. The molecule has 0 aromatic heterocycles. The number of fused-ring (bicyclic) bond motifs is 4. The smallest absolute Gasteiger partial charge is 0.116 e. The lowest BCUT2D eigenvalue weighted by Crippen LogP contribution is -2.23. The molecule has 1 aliphatic rings. The molecule has 1 nitrogen and oxygen atoms in total. The third kappa shape index (κ3) is 2.56. The zero-order valence-electron chi connectivity index (χ0n) is 17.3. The van der Waals surface area contributed by atoms with Crippen molar-refractivity contribution in [3.8, 4) is 28.0 Å². The maximum Gasteiger partial charge on any atom is 0.116 e. The van der Waals surface area contributed by atoms with E-state index in [-0.39, 0.29) is 5.41 Å². The molecular weight excluding hydrogens is 376 g/mol. The molecule has 1 aliphatic carbocycles. The van der Waals surface area contributed by atoms with Crippen LogP contribution in [0.2, 0.25) is 0 Å². The molecule has 1 heteroatoms. The maximum atomic E-state index is 9.98. The Labute approximate surface area is 182 Å². The fourth-order valence-corrected chi connectivity index (χ4v) is 5.32. The lowest BCUT2D eigenvalue weighted by atomic mass is 9.71. The first-order chi connectivity index (χ1) is 15.2. The van der Waals surface area contributed by atoms with Crippen molar-refractivity contribution >= 4 is 10.8 Å². The number of benzene rings is 5. The zero-order valence-corrected chi connectivity index (χ0v) is 17.3. The summed E-state index contributed by atoms with van der Waals surface area (Å²) >= 11 is 0. The average molecular weight is 399 g/mol. The van der Waals surface area contributed by atoms with Crippen LogP contribution in [-0.2, 0) is 5.41 Å². The van der Waals surface area contributed by atoms with E-state index in [0.717, 1.165) is 16.3 Å². The highest BCUT2D eigenvalue weighted by atomic mass is 16.3. The van der Waals surface area contributed by atoms with Gasteiger partial charge in [0.15, 0.2) is 0 Å². The van der Waals surface area contributed by atoms with Gasteiger partial charge in [-0.3, -0.25) is 0 Å². The van der Waals surface area contributed by atoms with Crippen LogP contribution in [0.3, 0.4) is 0 Å². The summed E-state index contributed by atoms with van der Waals surface area (Å²) in [5, 5.41) is 12.2. The van der Waals surface area contributed by atoms with Crippen molar-refractivity contribution in [3.05, 3.63) is 126 Å². The molecule has 0 fully saturated rings. The van der Waals surface area contributed by atoms with Crippen LogP contribution in [0.25, 0.3) is 33.0 Å². The summed E-state index contributed by atoms with van der Waals surface area (Å²) in [5.41, 5.74) is 8.78. The fourth-order valence-electron chi connectivity index (χ4n) is 5.32. The van der Waals surface area contributed by atoms with Crippen LogP contribution in [0.5, 0.6) is 5.75 Å². The summed E-state index contributed by atoms with van der Waals surface area (Å²) in [7, 11) is 0. The number of hydrogen-bond acceptors (Lipinski definition) is 1. The summed E-state index contributed by atoms with van der Waals surface area (Å²) in [6, 6.07) is 38.3. The largest absolute Gasteiger partial charge is 0.508 e. The SMILES string of the molecule is CC1(c2ccccc2-c2ccc3ccc(O)cc3c2)c2ccccc2-c2ccccc21. The van der Waals surface area contributed by atoms with Gasteiger partial charge in [-0.2, -0.15) is 0 Å². The molecule has 0 saturated heterocycles. The van der Waals surface area contributed by atoms with Crippen molar-refractivity contribution in [2.24, 2.45) is 0 Å². The van der Waals surface area contributed by atoms with E-state index in [4.69, 9.17) is 0 Å². The van der Waals surface area contributed by atoms with Crippen molar-refractivity contribution < 1.29 is 5.11 Å². The molecule has 148 valence electrons. The quantitative estimate of drug-likeness (QED) is 0.325. The van der Waals surface area contributed by atoms with E-state index >= 15 is 0 Å². The van der Waals surface area contributed by atoms with E-state index in [1.54, 1.807) is 6.07 Å². The standard InChI is InChI=1S/C30H22O/c1-30(28-12-6-3-9-25(28)26-10-4-7-13-29(26)30)27-11-5-2-8-24(27)21-15-14-20-16-17-23(31)19-22(20)18-21/h2-19,31H,1H3. The first-order valence-corrected chi connectivity index (χ1v) is 10.7. The second-order valence-corrected chi connectivity index (χ2v) is 8.51. The van der Waals surface area contributed by atoms with Gasteiger partial charge < -0.3 is 5.11 Å². The van der Waals surface area contributed by atoms with Gasteiger partial charge in [-0.1, -0.05) is 91.0 Å². The van der Waals surface area contributed by atoms with Crippen molar-refractivity contribution in [2.75, 3.05) is 0 Å². The molecule has 0 radical (unpaired) electrons. The van der Waals surface area contributed by atoms with Crippen LogP contribution in [0.4, 0.5) is 0 Å². The molecular formula is C30H22O. The minimum atomic E-state index is -0.239. The van der Waals surface area contributed by atoms with E-state index in [9.17, 15) is 5.11 Å². The Morgan fingerprint density at radius 3 is 1.68 bits per heavy atom. The van der Waals surface area contributed by atoms with Crippen molar-refractivity contribution in [3.63, 3.8) is 0 Å². The molecule has 6 rings (SSSR count). The van der Waals surface area contributed by atoms with Crippen LogP contribution in [-0.4, -0.2) is 5.11 Å². The van der Waals surface area contributed by atoms with E-state index in [2.05, 4.69) is 97.9 Å². The lowest BCUT2D eigenvalue weighted by Gasteiger charge is -2.30. The summed E-state index contributed by atoms with van der Waals surface area (Å²) in [6.07, 6.45) is 0. The molecule has 0 aliphatic heterocycles. The van der Waals surface area contributed by atoms with Gasteiger partial charge in [-0.25, -0.2) is 0 Å². The Morgan fingerprint density at radius 1 is 0.516 bits per heavy atom. The first-order valence-electron chi connectivity index (χ1n) is 10.7. The van der Waals surface area contributed by atoms with E-state index in [0.29, 0.717) is 5.75 Å². The Morgan fingerprint density at radius 2 is 1.03 bits per heavy atom. The second-order valence-electron chi connectivity index (χ2n) is 8.51. The molecule has 0 atom stereocenters. The highest BCUT2D eigenvalue weighted by Crippen LogP contribution is 2.53. The molecule has 0 saturated carbocycles. The van der Waals surface area contributed by atoms with E-state index < -0.39 is 0 Å². The summed E-state index contributed by atoms with van der Waals surface area (Å²) in [4.78, 5) is 0. The topological polar surface area (TPSA) is 20.2 Å². The van der Waals surface area contributed by atoms with Gasteiger partial charge in [-0.05, 0) is 74.8 Å². The summed E-state index contributed by atoms with van der Waals surface area (Å²) in [5.74, 6) is 0.295. The van der Waals surface area contributed by atoms with Crippen molar-refractivity contribution in [2.45, 2.75) is 12.3 Å². The molecule has 0 unspecified atom stereocenters. The van der Waals surface area contributed by atoms with Crippen LogP contribution >= 0.6 is 0 Å². The molecule has 1 N–H and O–H groups in total. The Kier molecular flexibility index (Phi) is 3.82. The number of phenols is 1. The number of hydrogen-bond donors (Lipinski definition) is 1. The molecule has 0 bridgehead atoms. The zero-order chi connectivity index (χ0) is 21.0. The molecule has 5 aromatic rings. The molecule has 5 aromatic carbocycles. The second kappa shape index (κ2) is 6.58. The molecule has 0 amide bonds. The molecule has 0 spiro atoms. The van der Waals surface area contributed by atoms with Gasteiger partial charge in [0.05, 0.1) is 0 Å². The van der Waals surface area contributed by atoms with Gasteiger partial charge >= 0.3 is 0 Å². The number of aromatic hydroxyl groups is 1. The van der Waals surface area contributed by atoms with Gasteiger partial charge in [0.1, 0.15) is 5.75 Å². The Hall–Kier alpha value is -3.84. The summed E-state index contributed by atoms with van der Waals surface area (Å²) < 4.78 is 0. The number of phenolic OH excluding ortho intramolecular Hbond substituents is 1. The maximum absolute atomic E-state index is 9.98. The number of rotatable bonds is 2. The predicted molar refractivity (Wildman–Crippen MR) is 128 cm³/mol. The lowest BCUT2D eigenvalue weighted by molar-refractivity contribution is 0.476. The minimum Gasteiger partial charge on any atom is -0.508 e. The van der Waals surface area contributed by atoms with E-state index in [1.165, 1.54) is 33.4 Å². The van der Waals surface area contributed by atoms with Gasteiger partial charge in [0.25, 0.3) is 0 Å². The predicted octanol–water partition coefficient (Wildman–Crippen LogP) is 7.55. The highest BCUT2D eigenvalue weighted by Gasteiger charge is 2.41. The first kappa shape index (κ1) is 18.0.